The van der Waals surface area contributed by atoms with E-state index in [0.717, 1.165) is 13.2 Å². The van der Waals surface area contributed by atoms with Crippen LogP contribution in [0.25, 0.3) is 0 Å². The van der Waals surface area contributed by atoms with Crippen LogP contribution in [-0.4, -0.2) is 35.9 Å². The molecule has 1 aromatic rings. The average Bonchev–Trinajstić information content (AvgIpc) is 2.43. The molecule has 23 heavy (non-hydrogen) atoms. The number of nitrogens with one attached hydrogen (secondary N) is 1. The Morgan fingerprint density at radius 3 is 2.52 bits per heavy atom. The zero-order valence-corrected chi connectivity index (χ0v) is 14.9. The molecule has 0 aliphatic rings. The highest BCUT2D eigenvalue weighted by molar-refractivity contribution is 9.10. The van der Waals surface area contributed by atoms with Crippen molar-refractivity contribution in [3.63, 3.8) is 0 Å². The molecular weight excluding hydrogens is 373 g/mol. The standard InChI is InChI=1S/C15H19BrFNO5/c1-15(2,3)23-14(21)18-11(13(20)22-4)7-8-10(17)6-5-9(16)12(8)19/h5-6,11,19H,7H2,1-4H3,(H,18,21)/t11-/m0/s1. The number of phenols is 1. The quantitative estimate of drug-likeness (QED) is 0.770. The Labute approximate surface area is 142 Å². The first kappa shape index (κ1) is 19.2. The fourth-order valence-corrected chi connectivity index (χ4v) is 2.14. The predicted octanol–water partition coefficient (Wildman–Crippen LogP) is 2.90. The van der Waals surface area contributed by atoms with Crippen LogP contribution in [0.3, 0.4) is 0 Å². The van der Waals surface area contributed by atoms with Crippen LogP contribution in [0, 0.1) is 5.82 Å². The number of halogens is 2. The largest absolute Gasteiger partial charge is 0.506 e. The van der Waals surface area contributed by atoms with E-state index < -0.39 is 29.5 Å². The van der Waals surface area contributed by atoms with E-state index in [1.807, 2.05) is 0 Å². The summed E-state index contributed by atoms with van der Waals surface area (Å²) in [5.74, 6) is -1.83. The second-order valence-electron chi connectivity index (χ2n) is 5.78. The summed E-state index contributed by atoms with van der Waals surface area (Å²) in [6.45, 7) is 5.00. The minimum Gasteiger partial charge on any atom is -0.506 e. The molecule has 0 unspecified atom stereocenters. The van der Waals surface area contributed by atoms with Crippen LogP contribution in [0.2, 0.25) is 0 Å². The summed E-state index contributed by atoms with van der Waals surface area (Å²) in [7, 11) is 1.14. The molecule has 1 amide bonds. The van der Waals surface area contributed by atoms with Gasteiger partial charge in [0.15, 0.2) is 0 Å². The van der Waals surface area contributed by atoms with Gasteiger partial charge < -0.3 is 19.9 Å². The van der Waals surface area contributed by atoms with E-state index in [0.29, 0.717) is 0 Å². The number of carbonyl (C=O) groups is 2. The van der Waals surface area contributed by atoms with Crippen LogP contribution in [0.5, 0.6) is 5.75 Å². The molecule has 0 saturated carbocycles. The highest BCUT2D eigenvalue weighted by atomic mass is 79.9. The Morgan fingerprint density at radius 2 is 2.00 bits per heavy atom. The number of benzene rings is 1. The molecule has 0 spiro atoms. The van der Waals surface area contributed by atoms with Gasteiger partial charge in [0.2, 0.25) is 0 Å². The summed E-state index contributed by atoms with van der Waals surface area (Å²) >= 11 is 3.07. The van der Waals surface area contributed by atoms with E-state index in [1.165, 1.54) is 6.07 Å². The molecule has 1 atom stereocenters. The zero-order chi connectivity index (χ0) is 17.8. The number of methoxy groups -OCH3 is 1. The highest BCUT2D eigenvalue weighted by Crippen LogP contribution is 2.30. The van der Waals surface area contributed by atoms with E-state index >= 15 is 0 Å². The molecule has 128 valence electrons. The van der Waals surface area contributed by atoms with Crippen LogP contribution >= 0.6 is 15.9 Å². The van der Waals surface area contributed by atoms with Crippen molar-refractivity contribution in [2.24, 2.45) is 0 Å². The summed E-state index contributed by atoms with van der Waals surface area (Å²) in [5, 5.41) is 12.2. The van der Waals surface area contributed by atoms with Gasteiger partial charge in [0.25, 0.3) is 0 Å². The van der Waals surface area contributed by atoms with Crippen molar-refractivity contribution >= 4 is 28.0 Å². The minimum atomic E-state index is -1.20. The molecule has 0 radical (unpaired) electrons. The third-order valence-electron chi connectivity index (χ3n) is 2.76. The zero-order valence-electron chi connectivity index (χ0n) is 13.3. The Bertz CT molecular complexity index is 600. The molecule has 0 fully saturated rings. The monoisotopic (exact) mass is 391 g/mol. The normalized spacial score (nSPS) is 12.4. The van der Waals surface area contributed by atoms with Crippen LogP contribution in [0.4, 0.5) is 9.18 Å². The molecule has 2 N–H and O–H groups in total. The van der Waals surface area contributed by atoms with E-state index in [-0.39, 0.29) is 22.2 Å². The summed E-state index contributed by atoms with van der Waals surface area (Å²) in [5.41, 5.74) is -0.876. The molecule has 8 heteroatoms. The first-order chi connectivity index (χ1) is 10.5. The van der Waals surface area contributed by atoms with Gasteiger partial charge in [-0.3, -0.25) is 0 Å². The van der Waals surface area contributed by atoms with Gasteiger partial charge in [-0.25, -0.2) is 14.0 Å². The van der Waals surface area contributed by atoms with E-state index in [9.17, 15) is 19.1 Å². The number of amides is 1. The lowest BCUT2D eigenvalue weighted by molar-refractivity contribution is -0.143. The van der Waals surface area contributed by atoms with Gasteiger partial charge in [0, 0.05) is 12.0 Å². The number of ether oxygens (including phenoxy) is 2. The SMILES string of the molecule is COC(=O)[C@H](Cc1c(F)ccc(Br)c1O)NC(=O)OC(C)(C)C. The van der Waals surface area contributed by atoms with E-state index in [2.05, 4.69) is 26.0 Å². The molecule has 1 aromatic carbocycles. The number of alkyl carbamates (subject to hydrolysis) is 1. The fraction of sp³-hybridized carbons (Fsp3) is 0.467. The second-order valence-corrected chi connectivity index (χ2v) is 6.64. The van der Waals surface area contributed by atoms with Crippen molar-refractivity contribution in [1.82, 2.24) is 5.32 Å². The minimum absolute atomic E-state index is 0.120. The number of aromatic hydroxyl groups is 1. The lowest BCUT2D eigenvalue weighted by atomic mass is 10.0. The summed E-state index contributed by atoms with van der Waals surface area (Å²) in [6.07, 6.45) is -1.13. The maximum Gasteiger partial charge on any atom is 0.408 e. The summed E-state index contributed by atoms with van der Waals surface area (Å²) < 4.78 is 23.8. The maximum atomic E-state index is 13.9. The molecule has 0 aliphatic carbocycles. The number of esters is 1. The highest BCUT2D eigenvalue weighted by Gasteiger charge is 2.27. The van der Waals surface area contributed by atoms with Crippen LogP contribution < -0.4 is 5.32 Å². The third kappa shape index (κ3) is 5.70. The molecule has 0 heterocycles. The van der Waals surface area contributed by atoms with Gasteiger partial charge in [-0.05, 0) is 48.8 Å². The van der Waals surface area contributed by atoms with Gasteiger partial charge in [-0.2, -0.15) is 0 Å². The van der Waals surface area contributed by atoms with Crippen molar-refractivity contribution in [3.8, 4) is 5.75 Å². The Hall–Kier alpha value is -1.83. The van der Waals surface area contributed by atoms with Crippen LogP contribution in [0.1, 0.15) is 26.3 Å². The average molecular weight is 392 g/mol. The smallest absolute Gasteiger partial charge is 0.408 e. The first-order valence-electron chi connectivity index (χ1n) is 6.78. The third-order valence-corrected chi connectivity index (χ3v) is 3.40. The van der Waals surface area contributed by atoms with Gasteiger partial charge in [-0.15, -0.1) is 0 Å². The van der Waals surface area contributed by atoms with Gasteiger partial charge in [0.05, 0.1) is 11.6 Å². The van der Waals surface area contributed by atoms with Crippen molar-refractivity contribution in [1.29, 1.82) is 0 Å². The van der Waals surface area contributed by atoms with Crippen molar-refractivity contribution in [2.45, 2.75) is 38.8 Å². The van der Waals surface area contributed by atoms with E-state index in [1.54, 1.807) is 20.8 Å². The van der Waals surface area contributed by atoms with Gasteiger partial charge in [-0.1, -0.05) is 0 Å². The molecule has 0 aliphatic heterocycles. The van der Waals surface area contributed by atoms with Crippen molar-refractivity contribution in [2.75, 3.05) is 7.11 Å². The fourth-order valence-electron chi connectivity index (χ4n) is 1.77. The lowest BCUT2D eigenvalue weighted by Crippen LogP contribution is -2.45. The summed E-state index contributed by atoms with van der Waals surface area (Å²) in [6, 6.07) is 1.27. The Kier molecular flexibility index (Phi) is 6.37. The Balaban J connectivity index is 2.99. The van der Waals surface area contributed by atoms with Gasteiger partial charge in [0.1, 0.15) is 23.2 Å². The van der Waals surface area contributed by atoms with Crippen molar-refractivity contribution in [3.05, 3.63) is 28.0 Å². The Morgan fingerprint density at radius 1 is 1.39 bits per heavy atom. The number of rotatable bonds is 4. The maximum absolute atomic E-state index is 13.9. The predicted molar refractivity (Wildman–Crippen MR) is 84.6 cm³/mol. The lowest BCUT2D eigenvalue weighted by Gasteiger charge is -2.23. The second kappa shape index (κ2) is 7.63. The number of hydrogen-bond donors (Lipinski definition) is 2. The van der Waals surface area contributed by atoms with Crippen LogP contribution in [0.15, 0.2) is 16.6 Å². The number of phenolic OH excluding ortho intramolecular Hbond substituents is 1. The molecule has 6 nitrogen and oxygen atoms in total. The molecule has 0 bridgehead atoms. The van der Waals surface area contributed by atoms with E-state index in [4.69, 9.17) is 4.74 Å². The molecule has 1 rings (SSSR count). The van der Waals surface area contributed by atoms with Gasteiger partial charge >= 0.3 is 12.1 Å². The van der Waals surface area contributed by atoms with Crippen molar-refractivity contribution < 1.29 is 28.6 Å². The van der Waals surface area contributed by atoms with Crippen LogP contribution in [-0.2, 0) is 20.7 Å². The molecular formula is C15H19BrFNO5. The topological polar surface area (TPSA) is 84.9 Å². The number of carbonyl (C=O) groups excluding carboxylic acids is 2. The first-order valence-corrected chi connectivity index (χ1v) is 7.57. The molecule has 0 saturated heterocycles. The number of hydrogen-bond acceptors (Lipinski definition) is 5. The summed E-state index contributed by atoms with van der Waals surface area (Å²) in [4.78, 5) is 23.6. The molecule has 0 aromatic heterocycles.